The van der Waals surface area contributed by atoms with Crippen molar-refractivity contribution in [1.29, 1.82) is 10.5 Å². The molecule has 0 amide bonds. The average Bonchev–Trinajstić information content (AvgIpc) is 3.64. The van der Waals surface area contributed by atoms with Gasteiger partial charge in [-0.2, -0.15) is 10.5 Å². The number of aromatic nitrogens is 6. The first kappa shape index (κ1) is 27.4. The number of aliphatic hydroxyl groups is 5. The summed E-state index contributed by atoms with van der Waals surface area (Å²) in [4.78, 5) is 35.5. The van der Waals surface area contributed by atoms with E-state index in [1.165, 1.54) is 6.33 Å². The lowest BCUT2D eigenvalue weighted by atomic mass is 10.1. The van der Waals surface area contributed by atoms with Crippen LogP contribution in [0.4, 0.5) is 4.79 Å². The zero-order valence-electron chi connectivity index (χ0n) is 17.8. The molecule has 0 aliphatic carbocycles. The van der Waals surface area contributed by atoms with Gasteiger partial charge in [-0.1, -0.05) is 0 Å². The van der Waals surface area contributed by atoms with Crippen molar-refractivity contribution >= 4 is 14.1 Å². The molecule has 0 radical (unpaired) electrons. The van der Waals surface area contributed by atoms with Crippen LogP contribution in [0, 0.1) is 22.7 Å². The van der Waals surface area contributed by atoms with Gasteiger partial charge >= 0.3 is 5.71 Å². The van der Waals surface area contributed by atoms with E-state index in [1.54, 1.807) is 12.1 Å². The molecule has 2 saturated heterocycles. The normalized spacial score (nSPS) is 31.4. The Morgan fingerprint density at radius 2 is 1.44 bits per heavy atom. The van der Waals surface area contributed by atoms with E-state index in [0.29, 0.717) is 0 Å². The van der Waals surface area contributed by atoms with Crippen LogP contribution < -0.4 is 0 Å². The molecule has 4 heterocycles. The number of carbonyl (C=O) groups is 1. The minimum Gasteiger partial charge on any atom is -0.426 e. The topological polar surface area (TPSA) is 295 Å². The second kappa shape index (κ2) is 11.7. The second-order valence-electron chi connectivity index (χ2n) is 7.10. The Hall–Kier alpha value is -3.20. The fourth-order valence-electron chi connectivity index (χ4n) is 3.09. The van der Waals surface area contributed by atoms with Gasteiger partial charge in [0, 0.05) is 0 Å². The number of carbonyl (C=O) groups excluding carboxylic acids is 1. The van der Waals surface area contributed by atoms with Crippen LogP contribution >= 0.6 is 8.38 Å². The van der Waals surface area contributed by atoms with Gasteiger partial charge in [-0.05, 0) is 0 Å². The van der Waals surface area contributed by atoms with Crippen LogP contribution in [0.3, 0.4) is 0 Å². The standard InChI is InChI=1S/C8H9N4O7P.C8H10N4O4/c9-1-3-10-2-12(11-3)6-4(13)5(14)7(18-6)19-8(15)20(16)17;9-1-5-10-3-12(11-5)8-7(15)6(14)4(2-13)16-8/h2,4-7,13-14,16-17H;3-4,6-8,13-15H,2H2/t4-,5+,6-,7-;4-,6-,7-,8-/m11/s1. The van der Waals surface area contributed by atoms with E-state index in [4.69, 9.17) is 34.9 Å². The summed E-state index contributed by atoms with van der Waals surface area (Å²) in [7, 11) is -2.99. The maximum Gasteiger partial charge on any atom is 0.386 e. The molecular weight excluding hydrogens is 511 g/mol. The van der Waals surface area contributed by atoms with E-state index in [-0.39, 0.29) is 11.6 Å². The summed E-state index contributed by atoms with van der Waals surface area (Å²) in [6, 6.07) is 3.39. The summed E-state index contributed by atoms with van der Waals surface area (Å²) >= 11 is 0. The lowest BCUT2D eigenvalue weighted by molar-refractivity contribution is -0.141. The number of nitriles is 2. The van der Waals surface area contributed by atoms with Crippen LogP contribution in [0.2, 0.25) is 0 Å². The summed E-state index contributed by atoms with van der Waals surface area (Å²) in [5.74, 6) is -0.234. The number of hydrogen-bond donors (Lipinski definition) is 7. The Morgan fingerprint density at radius 3 is 1.86 bits per heavy atom. The fourth-order valence-corrected chi connectivity index (χ4v) is 3.29. The summed E-state index contributed by atoms with van der Waals surface area (Å²) in [6.45, 7) is -0.408. The zero-order valence-corrected chi connectivity index (χ0v) is 18.7. The Bertz CT molecular complexity index is 1130. The first-order chi connectivity index (χ1) is 17.1. The van der Waals surface area contributed by atoms with Crippen molar-refractivity contribution in [3.05, 3.63) is 24.3 Å². The molecule has 7 N–H and O–H groups in total. The van der Waals surface area contributed by atoms with Crippen molar-refractivity contribution < 1.29 is 54.3 Å². The molecule has 2 aromatic rings. The van der Waals surface area contributed by atoms with Gasteiger partial charge in [-0.3, -0.25) is 0 Å². The van der Waals surface area contributed by atoms with Crippen molar-refractivity contribution in [1.82, 2.24) is 29.5 Å². The van der Waals surface area contributed by atoms with Gasteiger partial charge < -0.3 is 49.5 Å². The van der Waals surface area contributed by atoms with Gasteiger partial charge in [0.1, 0.15) is 55.3 Å². The van der Waals surface area contributed by atoms with Crippen molar-refractivity contribution in [2.75, 3.05) is 6.61 Å². The molecule has 2 fully saturated rings. The second-order valence-corrected chi connectivity index (χ2v) is 8.04. The van der Waals surface area contributed by atoms with E-state index in [2.05, 4.69) is 24.9 Å². The van der Waals surface area contributed by atoms with Gasteiger partial charge in [0.25, 0.3) is 20.0 Å². The Balaban J connectivity index is 0.000000205. The maximum absolute atomic E-state index is 11.0. The molecule has 2 aliphatic rings. The smallest absolute Gasteiger partial charge is 0.386 e. The Kier molecular flexibility index (Phi) is 8.89. The quantitative estimate of drug-likeness (QED) is 0.181. The number of hydrogen-bond acceptors (Lipinski definition) is 17. The third kappa shape index (κ3) is 5.78. The van der Waals surface area contributed by atoms with Crippen LogP contribution in [0.15, 0.2) is 12.7 Å². The molecule has 0 aromatic carbocycles. The highest BCUT2D eigenvalue weighted by Crippen LogP contribution is 2.34. The van der Waals surface area contributed by atoms with Gasteiger partial charge in [0.2, 0.25) is 6.29 Å². The van der Waals surface area contributed by atoms with Crippen molar-refractivity contribution in [2.24, 2.45) is 0 Å². The predicted molar refractivity (Wildman–Crippen MR) is 106 cm³/mol. The molecule has 36 heavy (non-hydrogen) atoms. The molecule has 20 heteroatoms. The molecule has 0 unspecified atom stereocenters. The van der Waals surface area contributed by atoms with E-state index in [9.17, 15) is 25.2 Å². The van der Waals surface area contributed by atoms with E-state index in [0.717, 1.165) is 15.7 Å². The SMILES string of the molecule is N#Cc1ncn([C@@H]2O[C@H](CO)[C@@H](O)[C@H]2O)n1.N#Cc1ncn([C@@H]2O[C@H](OC(=O)P(O)O)[C@@H](O)[C@H]2O)n1. The lowest BCUT2D eigenvalue weighted by Crippen LogP contribution is -2.33. The van der Waals surface area contributed by atoms with Crippen molar-refractivity contribution in [3.8, 4) is 12.1 Å². The summed E-state index contributed by atoms with van der Waals surface area (Å²) < 4.78 is 16.8. The first-order valence-corrected chi connectivity index (χ1v) is 11.0. The Labute approximate surface area is 201 Å². The van der Waals surface area contributed by atoms with Crippen LogP contribution in [-0.2, 0) is 14.2 Å². The highest BCUT2D eigenvalue weighted by molar-refractivity contribution is 7.63. The van der Waals surface area contributed by atoms with Crippen LogP contribution in [0.1, 0.15) is 24.1 Å². The Morgan fingerprint density at radius 1 is 0.944 bits per heavy atom. The molecule has 4 rings (SSSR count). The predicted octanol–water partition coefficient (Wildman–Crippen LogP) is -4.08. The summed E-state index contributed by atoms with van der Waals surface area (Å²) in [5.41, 5.74) is -1.38. The highest BCUT2D eigenvalue weighted by atomic mass is 31.2. The van der Waals surface area contributed by atoms with Crippen molar-refractivity contribution in [2.45, 2.75) is 49.3 Å². The molecule has 0 bridgehead atoms. The van der Waals surface area contributed by atoms with Crippen LogP contribution in [0.5, 0.6) is 0 Å². The van der Waals surface area contributed by atoms with Crippen LogP contribution in [0.25, 0.3) is 0 Å². The van der Waals surface area contributed by atoms with Gasteiger partial charge in [0.15, 0.2) is 12.5 Å². The number of ether oxygens (including phenoxy) is 3. The molecule has 0 saturated carbocycles. The molecular formula is C16H19N8O11P. The maximum atomic E-state index is 11.0. The third-order valence-corrected chi connectivity index (χ3v) is 5.26. The largest absolute Gasteiger partial charge is 0.426 e. The fraction of sp³-hybridized carbons (Fsp3) is 0.562. The van der Waals surface area contributed by atoms with Crippen molar-refractivity contribution in [3.63, 3.8) is 0 Å². The molecule has 0 spiro atoms. The first-order valence-electron chi connectivity index (χ1n) is 9.76. The van der Waals surface area contributed by atoms with E-state index in [1.807, 2.05) is 0 Å². The zero-order chi connectivity index (χ0) is 26.6. The number of rotatable bonds is 5. The van der Waals surface area contributed by atoms with Gasteiger partial charge in [-0.25, -0.2) is 24.1 Å². The van der Waals surface area contributed by atoms with Crippen LogP contribution in [-0.4, -0.2) is 114 Å². The lowest BCUT2D eigenvalue weighted by Gasteiger charge is -2.14. The average molecular weight is 530 g/mol. The number of aliphatic hydroxyl groups excluding tert-OH is 5. The molecule has 2 aromatic heterocycles. The molecule has 19 nitrogen and oxygen atoms in total. The number of nitrogens with zero attached hydrogens (tertiary/aromatic N) is 8. The molecule has 2 aliphatic heterocycles. The minimum absolute atomic E-state index is 0.0576. The summed E-state index contributed by atoms with van der Waals surface area (Å²) in [6.07, 6.45) is -7.86. The third-order valence-electron chi connectivity index (χ3n) is 4.83. The molecule has 194 valence electrons. The van der Waals surface area contributed by atoms with E-state index >= 15 is 0 Å². The highest BCUT2D eigenvalue weighted by Gasteiger charge is 2.47. The van der Waals surface area contributed by atoms with Gasteiger partial charge in [0.05, 0.1) is 6.61 Å². The van der Waals surface area contributed by atoms with Gasteiger partial charge in [-0.15, -0.1) is 10.2 Å². The summed E-state index contributed by atoms with van der Waals surface area (Å²) in [5, 5.41) is 71.9. The monoisotopic (exact) mass is 530 g/mol. The minimum atomic E-state index is -2.99. The molecule has 8 atom stereocenters. The van der Waals surface area contributed by atoms with E-state index < -0.39 is 70.0 Å².